The van der Waals surface area contributed by atoms with Crippen LogP contribution in [0.1, 0.15) is 51.0 Å². The first kappa shape index (κ1) is 17.0. The highest BCUT2D eigenvalue weighted by Gasteiger charge is 2.02. The Hall–Kier alpha value is -1.02. The molecular weight excluding hydrogens is 248 g/mol. The van der Waals surface area contributed by atoms with Crippen LogP contribution >= 0.6 is 12.4 Å². The van der Waals surface area contributed by atoms with Crippen molar-refractivity contribution in [1.29, 1.82) is 0 Å². The van der Waals surface area contributed by atoms with Gasteiger partial charge in [0.2, 0.25) is 0 Å². The van der Waals surface area contributed by atoms with Crippen LogP contribution in [-0.4, -0.2) is 5.97 Å². The highest BCUT2D eigenvalue weighted by Crippen LogP contribution is 2.07. The molecule has 0 amide bonds. The van der Waals surface area contributed by atoms with Crippen LogP contribution in [0.25, 0.3) is 0 Å². The lowest BCUT2D eigenvalue weighted by Crippen LogP contribution is -2.04. The molecule has 1 rings (SSSR count). The number of ether oxygens (including phenoxy) is 1. The summed E-state index contributed by atoms with van der Waals surface area (Å²) >= 11 is 0. The predicted molar refractivity (Wildman–Crippen MR) is 76.9 cm³/mol. The van der Waals surface area contributed by atoms with Gasteiger partial charge >= 0.3 is 5.97 Å². The van der Waals surface area contributed by atoms with Crippen LogP contribution in [-0.2, 0) is 16.1 Å². The van der Waals surface area contributed by atoms with Crippen LogP contribution in [0, 0.1) is 0 Å². The molecule has 0 saturated carbocycles. The van der Waals surface area contributed by atoms with Gasteiger partial charge in [0.15, 0.2) is 0 Å². The third-order valence-electron chi connectivity index (χ3n) is 2.73. The molecule has 0 aliphatic carbocycles. The fourth-order valence-electron chi connectivity index (χ4n) is 1.68. The molecule has 0 heterocycles. The molecule has 0 aromatic heterocycles. The topological polar surface area (TPSA) is 26.3 Å². The second-order valence-corrected chi connectivity index (χ2v) is 4.31. The first-order valence-electron chi connectivity index (χ1n) is 6.52. The van der Waals surface area contributed by atoms with Crippen molar-refractivity contribution in [2.45, 2.75) is 52.1 Å². The maximum Gasteiger partial charge on any atom is 0.306 e. The van der Waals surface area contributed by atoms with Gasteiger partial charge in [-0.2, -0.15) is 0 Å². The maximum absolute atomic E-state index is 11.4. The molecule has 0 N–H and O–H groups in total. The number of carbonyl (C=O) groups excluding carboxylic acids is 1. The zero-order chi connectivity index (χ0) is 12.3. The van der Waals surface area contributed by atoms with E-state index >= 15 is 0 Å². The van der Waals surface area contributed by atoms with E-state index in [0.717, 1.165) is 18.4 Å². The summed E-state index contributed by atoms with van der Waals surface area (Å²) in [5.74, 6) is -0.0784. The number of carbonyl (C=O) groups is 1. The van der Waals surface area contributed by atoms with E-state index in [1.165, 1.54) is 19.3 Å². The van der Waals surface area contributed by atoms with Gasteiger partial charge in [-0.15, -0.1) is 12.4 Å². The molecule has 3 heteroatoms. The third kappa shape index (κ3) is 8.13. The second-order valence-electron chi connectivity index (χ2n) is 4.31. The van der Waals surface area contributed by atoms with Gasteiger partial charge in [0.1, 0.15) is 6.61 Å². The van der Waals surface area contributed by atoms with E-state index in [1.807, 2.05) is 30.3 Å². The molecule has 18 heavy (non-hydrogen) atoms. The highest BCUT2D eigenvalue weighted by molar-refractivity contribution is 5.85. The Morgan fingerprint density at radius 2 is 1.72 bits per heavy atom. The smallest absolute Gasteiger partial charge is 0.306 e. The summed E-state index contributed by atoms with van der Waals surface area (Å²) in [6.45, 7) is 2.59. The average molecular weight is 271 g/mol. The summed E-state index contributed by atoms with van der Waals surface area (Å²) < 4.78 is 5.20. The monoisotopic (exact) mass is 270 g/mol. The number of benzene rings is 1. The summed E-state index contributed by atoms with van der Waals surface area (Å²) in [5, 5.41) is 0. The van der Waals surface area contributed by atoms with Crippen molar-refractivity contribution >= 4 is 18.4 Å². The Morgan fingerprint density at radius 1 is 1.06 bits per heavy atom. The molecule has 2 nitrogen and oxygen atoms in total. The maximum atomic E-state index is 11.4. The van der Waals surface area contributed by atoms with Gasteiger partial charge in [0, 0.05) is 6.42 Å². The van der Waals surface area contributed by atoms with Gasteiger partial charge in [0.25, 0.3) is 0 Å². The van der Waals surface area contributed by atoms with Crippen molar-refractivity contribution in [3.8, 4) is 0 Å². The number of halogens is 1. The first-order valence-corrected chi connectivity index (χ1v) is 6.52. The third-order valence-corrected chi connectivity index (χ3v) is 2.73. The number of rotatable bonds is 8. The summed E-state index contributed by atoms with van der Waals surface area (Å²) in [5.41, 5.74) is 1.05. The summed E-state index contributed by atoms with van der Waals surface area (Å²) in [7, 11) is 0. The molecule has 0 bridgehead atoms. The van der Waals surface area contributed by atoms with E-state index in [4.69, 9.17) is 4.74 Å². The molecule has 0 aliphatic heterocycles. The lowest BCUT2D eigenvalue weighted by molar-refractivity contribution is -0.145. The molecule has 0 radical (unpaired) electrons. The van der Waals surface area contributed by atoms with Crippen LogP contribution in [0.5, 0.6) is 0 Å². The summed E-state index contributed by atoms with van der Waals surface area (Å²) in [6.07, 6.45) is 6.36. The quantitative estimate of drug-likeness (QED) is 0.513. The van der Waals surface area contributed by atoms with Gasteiger partial charge in [-0.3, -0.25) is 4.79 Å². The molecule has 0 aliphatic rings. The van der Waals surface area contributed by atoms with Crippen LogP contribution in [0.2, 0.25) is 0 Å². The molecule has 0 saturated heterocycles. The SMILES string of the molecule is CCCCCCCC(=O)OCc1ccccc1.Cl. The normalized spacial score (nSPS) is 9.61. The summed E-state index contributed by atoms with van der Waals surface area (Å²) in [6, 6.07) is 9.80. The van der Waals surface area contributed by atoms with Crippen molar-refractivity contribution < 1.29 is 9.53 Å². The fraction of sp³-hybridized carbons (Fsp3) is 0.533. The van der Waals surface area contributed by atoms with Gasteiger partial charge in [0.05, 0.1) is 0 Å². The number of esters is 1. The molecule has 0 atom stereocenters. The molecule has 1 aromatic rings. The van der Waals surface area contributed by atoms with Crippen LogP contribution in [0.3, 0.4) is 0 Å². The molecule has 0 fully saturated rings. The van der Waals surface area contributed by atoms with Crippen LogP contribution in [0.15, 0.2) is 30.3 Å². The van der Waals surface area contributed by atoms with Crippen LogP contribution in [0.4, 0.5) is 0 Å². The van der Waals surface area contributed by atoms with Crippen molar-refractivity contribution in [3.63, 3.8) is 0 Å². The van der Waals surface area contributed by atoms with E-state index in [-0.39, 0.29) is 18.4 Å². The van der Waals surface area contributed by atoms with Gasteiger partial charge in [-0.05, 0) is 12.0 Å². The minimum absolute atomic E-state index is 0. The lowest BCUT2D eigenvalue weighted by atomic mass is 10.1. The van der Waals surface area contributed by atoms with Crippen molar-refractivity contribution in [1.82, 2.24) is 0 Å². The van der Waals surface area contributed by atoms with Gasteiger partial charge in [-0.25, -0.2) is 0 Å². The van der Waals surface area contributed by atoms with E-state index in [1.54, 1.807) is 0 Å². The van der Waals surface area contributed by atoms with Crippen molar-refractivity contribution in [3.05, 3.63) is 35.9 Å². The zero-order valence-electron chi connectivity index (χ0n) is 11.1. The lowest BCUT2D eigenvalue weighted by Gasteiger charge is -2.04. The van der Waals surface area contributed by atoms with Crippen molar-refractivity contribution in [2.24, 2.45) is 0 Å². The number of hydrogen-bond acceptors (Lipinski definition) is 2. The van der Waals surface area contributed by atoms with E-state index < -0.39 is 0 Å². The number of unbranched alkanes of at least 4 members (excludes halogenated alkanes) is 4. The highest BCUT2D eigenvalue weighted by atomic mass is 35.5. The van der Waals surface area contributed by atoms with Crippen molar-refractivity contribution in [2.75, 3.05) is 0 Å². The molecular formula is C15H23ClO2. The predicted octanol–water partition coefficient (Wildman–Crippen LogP) is 4.51. The standard InChI is InChI=1S/C15H22O2.ClH/c1-2-3-4-5-9-12-15(16)17-13-14-10-7-6-8-11-14;/h6-8,10-11H,2-5,9,12-13H2,1H3;1H. The molecule has 1 aromatic carbocycles. The minimum Gasteiger partial charge on any atom is -0.461 e. The van der Waals surface area contributed by atoms with Gasteiger partial charge in [-0.1, -0.05) is 62.9 Å². The molecule has 102 valence electrons. The van der Waals surface area contributed by atoms with Crippen LogP contribution < -0.4 is 0 Å². The Morgan fingerprint density at radius 3 is 2.39 bits per heavy atom. The summed E-state index contributed by atoms with van der Waals surface area (Å²) in [4.78, 5) is 11.4. The Balaban J connectivity index is 0.00000289. The number of hydrogen-bond donors (Lipinski definition) is 0. The molecule has 0 unspecified atom stereocenters. The Bertz CT molecular complexity index is 312. The minimum atomic E-state index is -0.0784. The Labute approximate surface area is 116 Å². The van der Waals surface area contributed by atoms with E-state index in [0.29, 0.717) is 13.0 Å². The fourth-order valence-corrected chi connectivity index (χ4v) is 1.68. The van der Waals surface area contributed by atoms with Gasteiger partial charge < -0.3 is 4.74 Å². The van der Waals surface area contributed by atoms with E-state index in [9.17, 15) is 4.79 Å². The largest absolute Gasteiger partial charge is 0.461 e. The zero-order valence-corrected chi connectivity index (χ0v) is 11.9. The first-order chi connectivity index (χ1) is 8.33. The van der Waals surface area contributed by atoms with E-state index in [2.05, 4.69) is 6.92 Å². The second kappa shape index (κ2) is 11.1. The average Bonchev–Trinajstić information content (AvgIpc) is 2.37. The Kier molecular flexibility index (Phi) is 10.5. The molecule has 0 spiro atoms.